The molecule has 2 aliphatic rings. The number of allylic oxidation sites excluding steroid dienone is 2. The van der Waals surface area contributed by atoms with Gasteiger partial charge in [0.05, 0.1) is 24.6 Å². The number of carbonyl (C=O) groups excluding carboxylic acids is 1. The van der Waals surface area contributed by atoms with E-state index in [0.717, 1.165) is 18.7 Å². The van der Waals surface area contributed by atoms with E-state index in [4.69, 9.17) is 19.7 Å². The van der Waals surface area contributed by atoms with Gasteiger partial charge in [0.2, 0.25) is 17.6 Å². The van der Waals surface area contributed by atoms with E-state index >= 15 is 0 Å². The number of carbonyl (C=O) groups is 1. The maximum Gasteiger partial charge on any atom is 0.338 e. The molecule has 2 aromatic rings. The number of hydrogen-bond acceptors (Lipinski definition) is 9. The number of nitrogens with zero attached hydrogens (tertiary/aromatic N) is 4. The van der Waals surface area contributed by atoms with Crippen molar-refractivity contribution in [2.75, 3.05) is 19.7 Å². The first-order valence-electron chi connectivity index (χ1n) is 10.6. The molecule has 0 bridgehead atoms. The van der Waals surface area contributed by atoms with Crippen LogP contribution in [0.4, 0.5) is 0 Å². The summed E-state index contributed by atoms with van der Waals surface area (Å²) in [4.78, 5) is 19.4. The van der Waals surface area contributed by atoms with Crippen molar-refractivity contribution in [3.05, 3.63) is 58.5 Å². The summed E-state index contributed by atoms with van der Waals surface area (Å²) in [7, 11) is 0. The fraction of sp³-hybridized carbons (Fsp3) is 0.391. The molecule has 0 saturated carbocycles. The number of hydrogen-bond donors (Lipinski definition) is 1. The van der Waals surface area contributed by atoms with Crippen LogP contribution in [0, 0.1) is 11.3 Å². The quantitative estimate of drug-likeness (QED) is 0.681. The molecule has 9 heteroatoms. The smallest absolute Gasteiger partial charge is 0.338 e. The summed E-state index contributed by atoms with van der Waals surface area (Å²) in [5.41, 5.74) is 7.85. The maximum atomic E-state index is 12.6. The highest BCUT2D eigenvalue weighted by Crippen LogP contribution is 2.40. The molecule has 1 aromatic carbocycles. The van der Waals surface area contributed by atoms with E-state index in [9.17, 15) is 10.1 Å². The second kappa shape index (κ2) is 9.24. The van der Waals surface area contributed by atoms with Gasteiger partial charge in [0.15, 0.2) is 0 Å². The van der Waals surface area contributed by atoms with Gasteiger partial charge in [0, 0.05) is 5.56 Å². The molecule has 1 unspecified atom stereocenters. The molecule has 4 rings (SSSR count). The zero-order valence-electron chi connectivity index (χ0n) is 18.1. The summed E-state index contributed by atoms with van der Waals surface area (Å²) >= 11 is 0. The van der Waals surface area contributed by atoms with Crippen molar-refractivity contribution in [3.8, 4) is 17.5 Å². The number of esters is 1. The Morgan fingerprint density at radius 1 is 1.31 bits per heavy atom. The van der Waals surface area contributed by atoms with Crippen molar-refractivity contribution in [1.82, 2.24) is 15.0 Å². The molecule has 2 aliphatic heterocycles. The first kappa shape index (κ1) is 21.6. The summed E-state index contributed by atoms with van der Waals surface area (Å²) in [6.45, 7) is 6.31. The highest BCUT2D eigenvalue weighted by Gasteiger charge is 2.36. The Balaban J connectivity index is 1.61. The third-order valence-electron chi connectivity index (χ3n) is 5.63. The van der Waals surface area contributed by atoms with Crippen LogP contribution in [0.15, 0.2) is 51.6 Å². The van der Waals surface area contributed by atoms with Gasteiger partial charge < -0.3 is 19.7 Å². The predicted molar refractivity (Wildman–Crippen MR) is 114 cm³/mol. The van der Waals surface area contributed by atoms with E-state index in [2.05, 4.69) is 21.1 Å². The van der Waals surface area contributed by atoms with E-state index in [1.54, 1.807) is 13.8 Å². The molecule has 1 saturated heterocycles. The Labute approximate surface area is 186 Å². The topological polar surface area (TPSA) is 128 Å². The summed E-state index contributed by atoms with van der Waals surface area (Å²) in [5.74, 6) is 0.157. The summed E-state index contributed by atoms with van der Waals surface area (Å²) in [5, 5.41) is 13.8. The van der Waals surface area contributed by atoms with Crippen LogP contribution >= 0.6 is 0 Å². The lowest BCUT2D eigenvalue weighted by Gasteiger charge is -2.26. The van der Waals surface area contributed by atoms with Crippen molar-refractivity contribution >= 4 is 5.97 Å². The number of aromatic nitrogens is 2. The summed E-state index contributed by atoms with van der Waals surface area (Å²) < 4.78 is 16.1. The van der Waals surface area contributed by atoms with Gasteiger partial charge in [-0.25, -0.2) is 4.79 Å². The lowest BCUT2D eigenvalue weighted by molar-refractivity contribution is -0.139. The van der Waals surface area contributed by atoms with Gasteiger partial charge in [0.25, 0.3) is 0 Å². The molecule has 0 aliphatic carbocycles. The molecule has 2 N–H and O–H groups in total. The average molecular weight is 435 g/mol. The predicted octanol–water partition coefficient (Wildman–Crippen LogP) is 2.98. The Hall–Kier alpha value is -3.64. The standard InChI is InChI=1S/C23H25N5O4/c1-3-30-23(29)19-14(2)31-21(25)17(12-24)20(19)15-6-8-16(9-7-15)22-26-18(32-27-22)13-28-10-4-5-11-28/h6-9,20H,3-5,10-11,13,25H2,1-2H3. The monoisotopic (exact) mass is 435 g/mol. The third kappa shape index (κ3) is 4.22. The van der Waals surface area contributed by atoms with Crippen LogP contribution in [0.3, 0.4) is 0 Å². The van der Waals surface area contributed by atoms with Gasteiger partial charge >= 0.3 is 5.97 Å². The molecule has 0 amide bonds. The van der Waals surface area contributed by atoms with Crippen LogP contribution < -0.4 is 5.73 Å². The third-order valence-corrected chi connectivity index (χ3v) is 5.63. The summed E-state index contributed by atoms with van der Waals surface area (Å²) in [6, 6.07) is 9.38. The largest absolute Gasteiger partial charge is 0.463 e. The number of likely N-dealkylation sites (tertiary alicyclic amines) is 1. The maximum absolute atomic E-state index is 12.6. The molecular formula is C23H25N5O4. The lowest BCUT2D eigenvalue weighted by Crippen LogP contribution is -2.25. The van der Waals surface area contributed by atoms with Crippen LogP contribution in [0.2, 0.25) is 0 Å². The minimum atomic E-state index is -0.683. The van der Waals surface area contributed by atoms with Gasteiger partial charge in [-0.3, -0.25) is 4.90 Å². The molecule has 1 aromatic heterocycles. The van der Waals surface area contributed by atoms with Crippen LogP contribution in [0.1, 0.15) is 44.1 Å². The molecule has 0 radical (unpaired) electrons. The fourth-order valence-corrected chi connectivity index (χ4v) is 4.08. The number of ether oxygens (including phenoxy) is 2. The van der Waals surface area contributed by atoms with E-state index in [-0.39, 0.29) is 23.6 Å². The van der Waals surface area contributed by atoms with E-state index in [1.165, 1.54) is 12.8 Å². The van der Waals surface area contributed by atoms with Gasteiger partial charge in [-0.2, -0.15) is 10.2 Å². The fourth-order valence-electron chi connectivity index (χ4n) is 4.08. The van der Waals surface area contributed by atoms with E-state index in [0.29, 0.717) is 29.6 Å². The van der Waals surface area contributed by atoms with Crippen molar-refractivity contribution < 1.29 is 18.8 Å². The van der Waals surface area contributed by atoms with Crippen LogP contribution in [0.5, 0.6) is 0 Å². The summed E-state index contributed by atoms with van der Waals surface area (Å²) in [6.07, 6.45) is 2.39. The Morgan fingerprint density at radius 2 is 2.03 bits per heavy atom. The molecule has 1 atom stereocenters. The molecule has 3 heterocycles. The SMILES string of the molecule is CCOC(=O)C1=C(C)OC(N)=C(C#N)C1c1ccc(-c2noc(CN3CCCC3)n2)cc1. The van der Waals surface area contributed by atoms with Gasteiger partial charge in [-0.15, -0.1) is 0 Å². The molecule has 1 fully saturated rings. The number of benzene rings is 1. The normalized spacial score (nSPS) is 19.1. The minimum Gasteiger partial charge on any atom is -0.463 e. The number of nitrogens with two attached hydrogens (primary N) is 1. The van der Waals surface area contributed by atoms with E-state index in [1.807, 2.05) is 24.3 Å². The number of rotatable bonds is 6. The highest BCUT2D eigenvalue weighted by molar-refractivity contribution is 5.92. The molecule has 0 spiro atoms. The van der Waals surface area contributed by atoms with Crippen molar-refractivity contribution in [2.45, 2.75) is 39.2 Å². The van der Waals surface area contributed by atoms with Crippen molar-refractivity contribution in [1.29, 1.82) is 5.26 Å². The highest BCUT2D eigenvalue weighted by atomic mass is 16.5. The molecular weight excluding hydrogens is 410 g/mol. The minimum absolute atomic E-state index is 0.0168. The van der Waals surface area contributed by atoms with Crippen molar-refractivity contribution in [2.24, 2.45) is 5.73 Å². The molecule has 166 valence electrons. The Morgan fingerprint density at radius 3 is 2.69 bits per heavy atom. The first-order chi connectivity index (χ1) is 15.5. The molecule has 32 heavy (non-hydrogen) atoms. The lowest BCUT2D eigenvalue weighted by atomic mass is 9.83. The first-order valence-corrected chi connectivity index (χ1v) is 10.6. The Kier molecular flexibility index (Phi) is 6.23. The van der Waals surface area contributed by atoms with Gasteiger partial charge in [0.1, 0.15) is 17.4 Å². The van der Waals surface area contributed by atoms with Crippen molar-refractivity contribution in [3.63, 3.8) is 0 Å². The zero-order chi connectivity index (χ0) is 22.7. The van der Waals surface area contributed by atoms with Crippen LogP contribution in [-0.4, -0.2) is 40.7 Å². The van der Waals surface area contributed by atoms with Crippen LogP contribution in [0.25, 0.3) is 11.4 Å². The average Bonchev–Trinajstić information content (AvgIpc) is 3.46. The second-order valence-corrected chi connectivity index (χ2v) is 7.73. The zero-order valence-corrected chi connectivity index (χ0v) is 18.1. The Bertz CT molecular complexity index is 1100. The number of nitriles is 1. The van der Waals surface area contributed by atoms with Gasteiger partial charge in [-0.1, -0.05) is 29.4 Å². The van der Waals surface area contributed by atoms with E-state index < -0.39 is 11.9 Å². The molecule has 9 nitrogen and oxygen atoms in total. The van der Waals surface area contributed by atoms with Gasteiger partial charge in [-0.05, 0) is 45.3 Å². The second-order valence-electron chi connectivity index (χ2n) is 7.73. The van der Waals surface area contributed by atoms with Crippen LogP contribution in [-0.2, 0) is 20.8 Å².